The fraction of sp³-hybridized carbons (Fsp3) is 0.424. The van der Waals surface area contributed by atoms with Crippen LogP contribution in [0.5, 0.6) is 0 Å². The molecule has 8 atom stereocenters. The predicted octanol–water partition coefficient (Wildman–Crippen LogP) is 12.0. The highest BCUT2D eigenvalue weighted by Gasteiger charge is 2.49. The van der Waals surface area contributed by atoms with E-state index in [1.165, 1.54) is 0 Å². The van der Waals surface area contributed by atoms with Gasteiger partial charge in [0.25, 0.3) is 0 Å². The summed E-state index contributed by atoms with van der Waals surface area (Å²) in [5, 5.41) is 17.8. The lowest BCUT2D eigenvalue weighted by Crippen LogP contribution is -2.62. The summed E-state index contributed by atoms with van der Waals surface area (Å²) in [7, 11) is 0. The first-order chi connectivity index (χ1) is 38.9. The number of hydrogen-bond acceptors (Lipinski definition) is 11. The molecule has 1 fully saturated rings. The number of alkyl carbamates (subject to hydrolysis) is 1. The van der Waals surface area contributed by atoms with Crippen molar-refractivity contribution in [1.29, 1.82) is 0 Å². The van der Waals surface area contributed by atoms with Crippen molar-refractivity contribution in [1.82, 2.24) is 10.6 Å². The Bertz CT molecular complexity index is 2530. The van der Waals surface area contributed by atoms with Crippen molar-refractivity contribution >= 4 is 12.0 Å². The summed E-state index contributed by atoms with van der Waals surface area (Å²) >= 11 is 0. The van der Waals surface area contributed by atoms with Gasteiger partial charge in [0, 0.05) is 13.0 Å². The van der Waals surface area contributed by atoms with Crippen molar-refractivity contribution < 1.29 is 52.6 Å². The lowest BCUT2D eigenvalue weighted by Gasteiger charge is -2.46. The second-order valence-corrected chi connectivity index (χ2v) is 20.1. The van der Waals surface area contributed by atoms with Crippen molar-refractivity contribution in [3.63, 3.8) is 0 Å². The number of amides is 2. The highest BCUT2D eigenvalue weighted by atomic mass is 16.7. The van der Waals surface area contributed by atoms with Gasteiger partial charge in [0.05, 0.1) is 58.4 Å². The van der Waals surface area contributed by atoms with Crippen LogP contribution in [0.1, 0.15) is 105 Å². The van der Waals surface area contributed by atoms with E-state index >= 15 is 0 Å². The monoisotopic (exact) mass is 1080 g/mol. The standard InChI is InChI=1S/C66H82N2O11/c1-2-58(69)61(73-44-52-31-17-10-18-32-52)57(68-60(70)41-27-7-5-3-4-6-8-28-42-67-66(71)78-48-56-39-25-14-26-40-56)49-77-65-64(76-47-55-37-23-13-24-38-55)63(75-46-54-35-21-12-22-36-54)62(74-45-53-33-19-11-20-34-53)59(79-65)50-72-43-51-29-15-9-16-30-51/h9-26,29-40,57-59,61-65,69H,2-8,27-28,41-50H2,1H3,(H,67,71)(H,68,70)/t57-,58+,59?,61-,62-,63-,64?,65-/m0/s1. The maximum atomic E-state index is 14.1. The first-order valence-corrected chi connectivity index (χ1v) is 28.3. The molecule has 13 nitrogen and oxygen atoms in total. The molecule has 422 valence electrons. The van der Waals surface area contributed by atoms with Gasteiger partial charge >= 0.3 is 6.09 Å². The van der Waals surface area contributed by atoms with Crippen LogP contribution in [0.2, 0.25) is 0 Å². The minimum absolute atomic E-state index is 0.0823. The van der Waals surface area contributed by atoms with E-state index in [1.807, 2.05) is 189 Å². The molecule has 1 aliphatic rings. The second kappa shape index (κ2) is 35.4. The molecule has 79 heavy (non-hydrogen) atoms. The Morgan fingerprint density at radius 3 is 1.44 bits per heavy atom. The molecule has 1 aliphatic heterocycles. The number of unbranched alkanes of at least 4 members (excludes halogenated alkanes) is 7. The largest absolute Gasteiger partial charge is 0.445 e. The average molecular weight is 1080 g/mol. The van der Waals surface area contributed by atoms with Gasteiger partial charge in [0.2, 0.25) is 5.91 Å². The summed E-state index contributed by atoms with van der Waals surface area (Å²) in [5.74, 6) is -0.160. The molecule has 2 amide bonds. The molecule has 6 aromatic carbocycles. The third-order valence-corrected chi connectivity index (χ3v) is 13.9. The maximum absolute atomic E-state index is 14.1. The van der Waals surface area contributed by atoms with Crippen molar-refractivity contribution in [3.05, 3.63) is 215 Å². The molecule has 7 rings (SSSR count). The fourth-order valence-electron chi connectivity index (χ4n) is 9.51. The molecule has 1 heterocycles. The van der Waals surface area contributed by atoms with Crippen LogP contribution in [0.3, 0.4) is 0 Å². The smallest absolute Gasteiger partial charge is 0.407 e. The Hall–Kier alpha value is -6.26. The topological polar surface area (TPSA) is 152 Å². The molecule has 2 unspecified atom stereocenters. The summed E-state index contributed by atoms with van der Waals surface area (Å²) in [6.07, 6.45) is 2.26. The first kappa shape index (κ1) is 60.4. The number of carbonyl (C=O) groups excluding carboxylic acids is 2. The normalized spacial score (nSPS) is 18.3. The quantitative estimate of drug-likeness (QED) is 0.0322. The zero-order valence-corrected chi connectivity index (χ0v) is 45.9. The third kappa shape index (κ3) is 22.1. The molecular weight excluding hydrogens is 997 g/mol. The number of nitrogens with one attached hydrogen (secondary N) is 2. The molecule has 0 aliphatic carbocycles. The van der Waals surface area contributed by atoms with Gasteiger partial charge in [-0.25, -0.2) is 4.79 Å². The second-order valence-electron chi connectivity index (χ2n) is 20.1. The van der Waals surface area contributed by atoms with Gasteiger partial charge < -0.3 is 53.6 Å². The van der Waals surface area contributed by atoms with Crippen LogP contribution in [-0.2, 0) is 82.3 Å². The molecule has 0 aromatic heterocycles. The lowest BCUT2D eigenvalue weighted by atomic mass is 9.97. The number of benzene rings is 6. The average Bonchev–Trinajstić information content (AvgIpc) is 3.51. The predicted molar refractivity (Wildman–Crippen MR) is 305 cm³/mol. The summed E-state index contributed by atoms with van der Waals surface area (Å²) in [4.78, 5) is 26.1. The maximum Gasteiger partial charge on any atom is 0.407 e. The molecule has 3 N–H and O–H groups in total. The van der Waals surface area contributed by atoms with Crippen LogP contribution in [0.25, 0.3) is 0 Å². The van der Waals surface area contributed by atoms with E-state index in [1.54, 1.807) is 0 Å². The van der Waals surface area contributed by atoms with Crippen molar-refractivity contribution in [2.75, 3.05) is 19.8 Å². The molecule has 1 saturated heterocycles. The minimum Gasteiger partial charge on any atom is -0.445 e. The summed E-state index contributed by atoms with van der Waals surface area (Å²) < 4.78 is 53.0. The van der Waals surface area contributed by atoms with E-state index in [2.05, 4.69) is 10.6 Å². The molecule has 6 aromatic rings. The van der Waals surface area contributed by atoms with Crippen LogP contribution in [0.15, 0.2) is 182 Å². The van der Waals surface area contributed by atoms with Crippen molar-refractivity contribution in [2.45, 2.75) is 160 Å². The number of aliphatic hydroxyl groups is 1. The van der Waals surface area contributed by atoms with Crippen LogP contribution in [-0.4, -0.2) is 85.8 Å². The number of hydrogen-bond donors (Lipinski definition) is 3. The summed E-state index contributed by atoms with van der Waals surface area (Å²) in [5.41, 5.74) is 5.81. The van der Waals surface area contributed by atoms with Gasteiger partial charge in [-0.3, -0.25) is 4.79 Å². The van der Waals surface area contributed by atoms with E-state index in [0.717, 1.165) is 78.3 Å². The Kier molecular flexibility index (Phi) is 27.0. The van der Waals surface area contributed by atoms with Gasteiger partial charge in [-0.2, -0.15) is 0 Å². The highest BCUT2D eigenvalue weighted by Crippen LogP contribution is 2.32. The minimum atomic E-state index is -1.04. The zero-order valence-electron chi connectivity index (χ0n) is 45.9. The Morgan fingerprint density at radius 1 is 0.506 bits per heavy atom. The summed E-state index contributed by atoms with van der Waals surface area (Å²) in [6, 6.07) is 58.5. The Morgan fingerprint density at radius 2 is 0.937 bits per heavy atom. The zero-order chi connectivity index (χ0) is 55.0. The molecular formula is C66H82N2O11. The van der Waals surface area contributed by atoms with Crippen molar-refractivity contribution in [2.24, 2.45) is 0 Å². The Balaban J connectivity index is 1.03. The van der Waals surface area contributed by atoms with Gasteiger partial charge in [-0.15, -0.1) is 0 Å². The highest BCUT2D eigenvalue weighted by molar-refractivity contribution is 5.76. The number of carbonyl (C=O) groups is 2. The number of aliphatic hydroxyl groups excluding tert-OH is 1. The van der Waals surface area contributed by atoms with E-state index in [0.29, 0.717) is 32.4 Å². The van der Waals surface area contributed by atoms with E-state index in [-0.39, 0.29) is 52.2 Å². The van der Waals surface area contributed by atoms with Gasteiger partial charge in [-0.1, -0.05) is 227 Å². The Labute approximate surface area is 468 Å². The van der Waals surface area contributed by atoms with E-state index in [9.17, 15) is 14.7 Å². The number of rotatable bonds is 36. The lowest BCUT2D eigenvalue weighted by molar-refractivity contribution is -0.330. The van der Waals surface area contributed by atoms with Crippen LogP contribution in [0, 0.1) is 0 Å². The van der Waals surface area contributed by atoms with Crippen molar-refractivity contribution in [3.8, 4) is 0 Å². The number of ether oxygens (including phenoxy) is 8. The van der Waals surface area contributed by atoms with Gasteiger partial charge in [0.15, 0.2) is 6.29 Å². The molecule has 13 heteroatoms. The van der Waals surface area contributed by atoms with Crippen LogP contribution >= 0.6 is 0 Å². The van der Waals surface area contributed by atoms with Gasteiger partial charge in [0.1, 0.15) is 37.1 Å². The van der Waals surface area contributed by atoms with Crippen LogP contribution < -0.4 is 10.6 Å². The third-order valence-electron chi connectivity index (χ3n) is 13.9. The van der Waals surface area contributed by atoms with Crippen LogP contribution in [0.4, 0.5) is 4.79 Å². The first-order valence-electron chi connectivity index (χ1n) is 28.3. The SMILES string of the molecule is CC[C@@H](O)[C@@H](OCc1ccccc1)[C@H](CO[C@H]1OC(COCc2ccccc2)[C@H](OCc2ccccc2)[C@H](OCc2ccccc2)C1OCc1ccccc1)NC(=O)CCCCCCCCCCNC(=O)OCc1ccccc1. The molecule has 0 saturated carbocycles. The molecule has 0 bridgehead atoms. The molecule has 0 radical (unpaired) electrons. The van der Waals surface area contributed by atoms with Gasteiger partial charge in [-0.05, 0) is 52.6 Å². The van der Waals surface area contributed by atoms with E-state index in [4.69, 9.17) is 37.9 Å². The van der Waals surface area contributed by atoms with E-state index < -0.39 is 55.0 Å². The molecule has 0 spiro atoms. The fourth-order valence-corrected chi connectivity index (χ4v) is 9.51. The summed E-state index contributed by atoms with van der Waals surface area (Å²) in [6.45, 7) is 4.12.